The number of carbonyl (C=O) groups excluding carboxylic acids is 1. The fourth-order valence-electron chi connectivity index (χ4n) is 2.18. The fourth-order valence-corrected chi connectivity index (χ4v) is 2.18. The molecule has 1 aromatic heterocycles. The Balaban J connectivity index is 1.57. The molecule has 2 heterocycles. The number of fused-ring (bicyclic) bond motifs is 1. The van der Waals surface area contributed by atoms with Crippen molar-refractivity contribution in [3.05, 3.63) is 54.0 Å². The van der Waals surface area contributed by atoms with Crippen LogP contribution < -0.4 is 14.8 Å². The van der Waals surface area contributed by atoms with E-state index in [9.17, 15) is 9.90 Å². The summed E-state index contributed by atoms with van der Waals surface area (Å²) < 4.78 is 15.7. The summed E-state index contributed by atoms with van der Waals surface area (Å²) in [6.07, 6.45) is 4.54. The van der Waals surface area contributed by atoms with Crippen molar-refractivity contribution in [3.8, 4) is 11.5 Å². The molecule has 3 rings (SSSR count). The topological polar surface area (TPSA) is 80.9 Å². The van der Waals surface area contributed by atoms with E-state index < -0.39 is 5.60 Å². The molecule has 1 atom stereocenters. The Morgan fingerprint density at radius 1 is 1.35 bits per heavy atom. The Morgan fingerprint density at radius 3 is 2.96 bits per heavy atom. The van der Waals surface area contributed by atoms with Gasteiger partial charge in [0.15, 0.2) is 11.5 Å². The van der Waals surface area contributed by atoms with Gasteiger partial charge in [0.2, 0.25) is 12.7 Å². The quantitative estimate of drug-likeness (QED) is 0.825. The van der Waals surface area contributed by atoms with Gasteiger partial charge in [0.05, 0.1) is 12.8 Å². The molecule has 0 fully saturated rings. The van der Waals surface area contributed by atoms with Crippen LogP contribution in [0.15, 0.2) is 47.1 Å². The molecule has 6 heteroatoms. The lowest BCUT2D eigenvalue weighted by molar-refractivity contribution is -0.117. The molecule has 0 saturated carbocycles. The van der Waals surface area contributed by atoms with Crippen molar-refractivity contribution in [2.24, 2.45) is 0 Å². The molecule has 2 aromatic rings. The molecule has 120 valence electrons. The van der Waals surface area contributed by atoms with Gasteiger partial charge in [-0.15, -0.1) is 0 Å². The molecule has 0 bridgehead atoms. The predicted octanol–water partition coefficient (Wildman–Crippen LogP) is 2.05. The molecule has 0 aliphatic carbocycles. The lowest BCUT2D eigenvalue weighted by atomic mass is 10.0. The number of nitrogens with one attached hydrogen (secondary N) is 1. The highest BCUT2D eigenvalue weighted by Crippen LogP contribution is 2.32. The maximum absolute atomic E-state index is 11.9. The molecular weight excluding hydrogens is 298 g/mol. The Morgan fingerprint density at radius 2 is 2.17 bits per heavy atom. The van der Waals surface area contributed by atoms with Crippen LogP contribution in [0.5, 0.6) is 11.5 Å². The molecule has 0 saturated heterocycles. The zero-order chi connectivity index (χ0) is 16.3. The van der Waals surface area contributed by atoms with Crippen molar-refractivity contribution in [3.63, 3.8) is 0 Å². The number of carbonyl (C=O) groups is 1. The Hall–Kier alpha value is -2.73. The number of amides is 1. The van der Waals surface area contributed by atoms with Gasteiger partial charge < -0.3 is 24.3 Å². The Kier molecular flexibility index (Phi) is 4.08. The van der Waals surface area contributed by atoms with Gasteiger partial charge in [-0.1, -0.05) is 6.07 Å². The highest BCUT2D eigenvalue weighted by atomic mass is 16.7. The van der Waals surface area contributed by atoms with Crippen molar-refractivity contribution in [2.45, 2.75) is 12.5 Å². The number of ether oxygens (including phenoxy) is 2. The van der Waals surface area contributed by atoms with Crippen molar-refractivity contribution in [1.82, 2.24) is 5.32 Å². The van der Waals surface area contributed by atoms with Crippen molar-refractivity contribution < 1.29 is 23.8 Å². The Bertz CT molecular complexity index is 719. The number of rotatable bonds is 5. The number of hydrogen-bond donors (Lipinski definition) is 2. The van der Waals surface area contributed by atoms with E-state index >= 15 is 0 Å². The first-order valence-corrected chi connectivity index (χ1v) is 7.16. The van der Waals surface area contributed by atoms with Crippen LogP contribution in [-0.4, -0.2) is 24.4 Å². The van der Waals surface area contributed by atoms with E-state index in [4.69, 9.17) is 13.9 Å². The average Bonchev–Trinajstić information content (AvgIpc) is 3.21. The number of benzene rings is 1. The van der Waals surface area contributed by atoms with E-state index in [2.05, 4.69) is 5.32 Å². The van der Waals surface area contributed by atoms with E-state index in [1.54, 1.807) is 37.3 Å². The SMILES string of the molecule is C[C@](O)(CNC(=O)/C=C/c1ccc2c(c1)OCO2)c1ccco1. The summed E-state index contributed by atoms with van der Waals surface area (Å²) in [5.41, 5.74) is -0.437. The van der Waals surface area contributed by atoms with E-state index in [1.165, 1.54) is 12.3 Å². The third-order valence-electron chi connectivity index (χ3n) is 3.48. The molecule has 0 spiro atoms. The van der Waals surface area contributed by atoms with Crippen LogP contribution >= 0.6 is 0 Å². The van der Waals surface area contributed by atoms with E-state index in [0.29, 0.717) is 17.3 Å². The third-order valence-corrected chi connectivity index (χ3v) is 3.48. The van der Waals surface area contributed by atoms with E-state index in [0.717, 1.165) is 5.56 Å². The van der Waals surface area contributed by atoms with Crippen LogP contribution in [0.4, 0.5) is 0 Å². The van der Waals surface area contributed by atoms with Gasteiger partial charge >= 0.3 is 0 Å². The van der Waals surface area contributed by atoms with Gasteiger partial charge in [-0.05, 0) is 42.8 Å². The zero-order valence-corrected chi connectivity index (χ0v) is 12.6. The molecule has 6 nitrogen and oxygen atoms in total. The normalized spacial score (nSPS) is 15.6. The van der Waals surface area contributed by atoms with Crippen molar-refractivity contribution in [2.75, 3.05) is 13.3 Å². The first kappa shape index (κ1) is 15.2. The highest BCUT2D eigenvalue weighted by Gasteiger charge is 2.26. The van der Waals surface area contributed by atoms with Crippen LogP contribution in [-0.2, 0) is 10.4 Å². The highest BCUT2D eigenvalue weighted by molar-refractivity contribution is 5.91. The van der Waals surface area contributed by atoms with Crippen LogP contribution in [0.1, 0.15) is 18.2 Å². The molecule has 0 radical (unpaired) electrons. The van der Waals surface area contributed by atoms with Crippen molar-refractivity contribution in [1.29, 1.82) is 0 Å². The molecule has 0 unspecified atom stereocenters. The van der Waals surface area contributed by atoms with Gasteiger partial charge in [0.1, 0.15) is 11.4 Å². The standard InChI is InChI=1S/C17H17NO5/c1-17(20,15-3-2-8-21-15)10-18-16(19)7-5-12-4-6-13-14(9-12)23-11-22-13/h2-9,20H,10-11H2,1H3,(H,18,19)/b7-5+/t17-/m0/s1. The van der Waals surface area contributed by atoms with Gasteiger partial charge in [-0.3, -0.25) is 4.79 Å². The van der Waals surface area contributed by atoms with Gasteiger partial charge in [-0.2, -0.15) is 0 Å². The maximum atomic E-state index is 11.9. The number of aliphatic hydroxyl groups is 1. The lowest BCUT2D eigenvalue weighted by Crippen LogP contribution is -2.37. The summed E-state index contributed by atoms with van der Waals surface area (Å²) in [7, 11) is 0. The van der Waals surface area contributed by atoms with Gasteiger partial charge in [0.25, 0.3) is 0 Å². The summed E-state index contributed by atoms with van der Waals surface area (Å²) in [6.45, 7) is 1.84. The number of furan rings is 1. The smallest absolute Gasteiger partial charge is 0.244 e. The largest absolute Gasteiger partial charge is 0.466 e. The second kappa shape index (κ2) is 6.18. The zero-order valence-electron chi connectivity index (χ0n) is 12.6. The summed E-state index contributed by atoms with van der Waals surface area (Å²) >= 11 is 0. The minimum absolute atomic E-state index is 0.0465. The minimum Gasteiger partial charge on any atom is -0.466 e. The van der Waals surface area contributed by atoms with Crippen LogP contribution in [0.25, 0.3) is 6.08 Å². The molecule has 23 heavy (non-hydrogen) atoms. The molecule has 1 aliphatic heterocycles. The molecule has 1 aliphatic rings. The summed E-state index contributed by atoms with van der Waals surface area (Å²) in [6, 6.07) is 8.77. The second-order valence-corrected chi connectivity index (χ2v) is 5.41. The lowest BCUT2D eigenvalue weighted by Gasteiger charge is -2.20. The van der Waals surface area contributed by atoms with Crippen LogP contribution in [0.3, 0.4) is 0 Å². The monoisotopic (exact) mass is 315 g/mol. The van der Waals surface area contributed by atoms with E-state index in [-0.39, 0.29) is 19.2 Å². The summed E-state index contributed by atoms with van der Waals surface area (Å²) in [5, 5.41) is 12.9. The minimum atomic E-state index is -1.26. The molecular formula is C17H17NO5. The average molecular weight is 315 g/mol. The van der Waals surface area contributed by atoms with Crippen molar-refractivity contribution >= 4 is 12.0 Å². The summed E-state index contributed by atoms with van der Waals surface area (Å²) in [4.78, 5) is 11.9. The number of hydrogen-bond acceptors (Lipinski definition) is 5. The first-order valence-electron chi connectivity index (χ1n) is 7.16. The molecule has 2 N–H and O–H groups in total. The Labute approximate surface area is 133 Å². The van der Waals surface area contributed by atoms with Crippen LogP contribution in [0, 0.1) is 0 Å². The summed E-state index contributed by atoms with van der Waals surface area (Å²) in [5.74, 6) is 1.45. The van der Waals surface area contributed by atoms with Gasteiger partial charge in [0, 0.05) is 6.08 Å². The maximum Gasteiger partial charge on any atom is 0.244 e. The molecule has 1 amide bonds. The molecule has 1 aromatic carbocycles. The fraction of sp³-hybridized carbons (Fsp3) is 0.235. The third kappa shape index (κ3) is 3.54. The van der Waals surface area contributed by atoms with E-state index in [1.807, 2.05) is 6.07 Å². The van der Waals surface area contributed by atoms with Crippen LogP contribution in [0.2, 0.25) is 0 Å². The second-order valence-electron chi connectivity index (χ2n) is 5.41. The predicted molar refractivity (Wildman–Crippen MR) is 82.9 cm³/mol. The van der Waals surface area contributed by atoms with Gasteiger partial charge in [-0.25, -0.2) is 0 Å². The first-order chi connectivity index (χ1) is 11.0.